The zero-order valence-electron chi connectivity index (χ0n) is 14.4. The molecular formula is C16H21N3O5S2. The average molecular weight is 399 g/mol. The molecule has 26 heavy (non-hydrogen) atoms. The van der Waals surface area contributed by atoms with Crippen LogP contribution in [-0.2, 0) is 24.3 Å². The third-order valence-electron chi connectivity index (χ3n) is 4.03. The van der Waals surface area contributed by atoms with Gasteiger partial charge in [-0.15, -0.1) is 0 Å². The molecule has 8 nitrogen and oxygen atoms in total. The summed E-state index contributed by atoms with van der Waals surface area (Å²) in [4.78, 5) is 23.9. The number of nitrogens with two attached hydrogens (primary N) is 1. The second kappa shape index (κ2) is 8.11. The first-order valence-corrected chi connectivity index (χ1v) is 9.97. The standard InChI is InChI=1S/C16H21N3O5S2/c1-9(7-11-8-10(2)24-15(11)21)14(20)19-16(25)18-12-3-5-13(6-4-12)26(17,22)23/h3-6,9-11H,7-8H2,1-2H3,(H2,17,22,23)(H2,18,19,20,25)/t9-,10+,11-/m0/s1. The van der Waals surface area contributed by atoms with E-state index < -0.39 is 15.9 Å². The van der Waals surface area contributed by atoms with Gasteiger partial charge in [-0.1, -0.05) is 6.92 Å². The lowest BCUT2D eigenvalue weighted by atomic mass is 9.93. The zero-order chi connectivity index (χ0) is 19.5. The van der Waals surface area contributed by atoms with Crippen LogP contribution >= 0.6 is 12.2 Å². The van der Waals surface area contributed by atoms with Crippen molar-refractivity contribution in [1.82, 2.24) is 5.32 Å². The molecule has 4 N–H and O–H groups in total. The number of hydrogen-bond donors (Lipinski definition) is 3. The zero-order valence-corrected chi connectivity index (χ0v) is 16.0. The van der Waals surface area contributed by atoms with Crippen molar-refractivity contribution in [2.45, 2.75) is 37.7 Å². The summed E-state index contributed by atoms with van der Waals surface area (Å²) < 4.78 is 27.5. The molecule has 0 radical (unpaired) electrons. The third-order valence-corrected chi connectivity index (χ3v) is 5.16. The number of ether oxygens (including phenoxy) is 1. The van der Waals surface area contributed by atoms with E-state index in [2.05, 4.69) is 10.6 Å². The van der Waals surface area contributed by atoms with E-state index in [1.807, 2.05) is 6.92 Å². The van der Waals surface area contributed by atoms with Crippen molar-refractivity contribution < 1.29 is 22.7 Å². The number of primary sulfonamides is 1. The number of thiocarbonyl (C=S) groups is 1. The number of nitrogens with one attached hydrogen (secondary N) is 2. The predicted molar refractivity (Wildman–Crippen MR) is 99.6 cm³/mol. The number of hydrogen-bond acceptors (Lipinski definition) is 6. The number of carbonyl (C=O) groups excluding carboxylic acids is 2. The first kappa shape index (κ1) is 20.3. The molecule has 2 rings (SSSR count). The van der Waals surface area contributed by atoms with E-state index in [1.165, 1.54) is 24.3 Å². The van der Waals surface area contributed by atoms with Crippen LogP contribution in [0.4, 0.5) is 5.69 Å². The molecule has 1 saturated heterocycles. The summed E-state index contributed by atoms with van der Waals surface area (Å²) in [7, 11) is -3.77. The predicted octanol–water partition coefficient (Wildman–Crippen LogP) is 1.12. The summed E-state index contributed by atoms with van der Waals surface area (Å²) in [6, 6.07) is 5.63. The molecule has 3 atom stereocenters. The summed E-state index contributed by atoms with van der Waals surface area (Å²) in [5, 5.41) is 10.5. The average Bonchev–Trinajstić information content (AvgIpc) is 2.84. The highest BCUT2D eigenvalue weighted by molar-refractivity contribution is 7.89. The lowest BCUT2D eigenvalue weighted by molar-refractivity contribution is -0.144. The Morgan fingerprint density at radius 3 is 2.50 bits per heavy atom. The fourth-order valence-corrected chi connectivity index (χ4v) is 3.43. The summed E-state index contributed by atoms with van der Waals surface area (Å²) in [5.74, 6) is -1.27. The SMILES string of the molecule is C[C@@H]1C[C@H](C[C@H](C)C(=O)NC(=S)Nc2ccc(S(N)(=O)=O)cc2)C(=O)O1. The van der Waals surface area contributed by atoms with Gasteiger partial charge in [0.2, 0.25) is 15.9 Å². The van der Waals surface area contributed by atoms with Crippen LogP contribution in [0, 0.1) is 11.8 Å². The first-order chi connectivity index (χ1) is 12.1. The van der Waals surface area contributed by atoms with Crippen LogP contribution in [0.2, 0.25) is 0 Å². The van der Waals surface area contributed by atoms with Crippen LogP contribution in [0.15, 0.2) is 29.2 Å². The summed E-state index contributed by atoms with van der Waals surface area (Å²) >= 11 is 5.08. The van der Waals surface area contributed by atoms with Gasteiger partial charge in [0.05, 0.1) is 16.9 Å². The lowest BCUT2D eigenvalue weighted by Gasteiger charge is -2.15. The monoisotopic (exact) mass is 399 g/mol. The Bertz CT molecular complexity index is 808. The maximum atomic E-state index is 12.2. The highest BCUT2D eigenvalue weighted by Crippen LogP contribution is 2.26. The van der Waals surface area contributed by atoms with Crippen LogP contribution in [0.25, 0.3) is 0 Å². The molecule has 0 unspecified atom stereocenters. The van der Waals surface area contributed by atoms with Crippen molar-refractivity contribution >= 4 is 44.9 Å². The number of amides is 1. The molecule has 1 aromatic carbocycles. The number of esters is 1. The van der Waals surface area contributed by atoms with E-state index in [1.54, 1.807) is 6.92 Å². The van der Waals surface area contributed by atoms with E-state index in [4.69, 9.17) is 22.1 Å². The lowest BCUT2D eigenvalue weighted by Crippen LogP contribution is -2.38. The minimum atomic E-state index is -3.77. The van der Waals surface area contributed by atoms with Crippen LogP contribution in [-0.4, -0.2) is 31.5 Å². The van der Waals surface area contributed by atoms with E-state index in [0.29, 0.717) is 18.5 Å². The van der Waals surface area contributed by atoms with Crippen molar-refractivity contribution in [2.75, 3.05) is 5.32 Å². The highest BCUT2D eigenvalue weighted by atomic mass is 32.2. The smallest absolute Gasteiger partial charge is 0.309 e. The maximum absolute atomic E-state index is 12.2. The van der Waals surface area contributed by atoms with Crippen LogP contribution < -0.4 is 15.8 Å². The Hall–Kier alpha value is -2.04. The molecule has 0 saturated carbocycles. The summed E-state index contributed by atoms with van der Waals surface area (Å²) in [6.45, 7) is 3.54. The first-order valence-electron chi connectivity index (χ1n) is 8.01. The largest absolute Gasteiger partial charge is 0.462 e. The second-order valence-corrected chi connectivity index (χ2v) is 8.30. The van der Waals surface area contributed by atoms with Crippen molar-refractivity contribution in [1.29, 1.82) is 0 Å². The van der Waals surface area contributed by atoms with Gasteiger partial charge in [0.15, 0.2) is 5.11 Å². The van der Waals surface area contributed by atoms with Crippen molar-refractivity contribution in [3.63, 3.8) is 0 Å². The molecule has 0 aromatic heterocycles. The van der Waals surface area contributed by atoms with Gasteiger partial charge in [-0.2, -0.15) is 0 Å². The van der Waals surface area contributed by atoms with Gasteiger partial charge in [-0.05, 0) is 56.2 Å². The van der Waals surface area contributed by atoms with Crippen molar-refractivity contribution in [2.24, 2.45) is 17.0 Å². The van der Waals surface area contributed by atoms with Crippen molar-refractivity contribution in [3.05, 3.63) is 24.3 Å². The molecule has 142 valence electrons. The van der Waals surface area contributed by atoms with E-state index in [-0.39, 0.29) is 33.9 Å². The minimum Gasteiger partial charge on any atom is -0.462 e. The number of carbonyl (C=O) groups is 2. The molecule has 0 bridgehead atoms. The minimum absolute atomic E-state index is 0.0238. The van der Waals surface area contributed by atoms with Crippen LogP contribution in [0.5, 0.6) is 0 Å². The van der Waals surface area contributed by atoms with Crippen LogP contribution in [0.3, 0.4) is 0 Å². The van der Waals surface area contributed by atoms with Gasteiger partial charge in [0.25, 0.3) is 0 Å². The van der Waals surface area contributed by atoms with Gasteiger partial charge in [-0.3, -0.25) is 9.59 Å². The Kier molecular flexibility index (Phi) is 6.32. The molecule has 0 spiro atoms. The Morgan fingerprint density at radius 2 is 2.00 bits per heavy atom. The molecule has 1 aliphatic rings. The molecule has 1 fully saturated rings. The maximum Gasteiger partial charge on any atom is 0.309 e. The van der Waals surface area contributed by atoms with E-state index >= 15 is 0 Å². The number of rotatable bonds is 5. The molecule has 1 amide bonds. The topological polar surface area (TPSA) is 128 Å². The Labute approximate surface area is 157 Å². The number of benzene rings is 1. The van der Waals surface area contributed by atoms with E-state index in [9.17, 15) is 18.0 Å². The van der Waals surface area contributed by atoms with Gasteiger partial charge in [0.1, 0.15) is 0 Å². The molecule has 0 aliphatic carbocycles. The molecule has 1 heterocycles. The number of sulfonamides is 1. The molecule has 1 aromatic rings. The Balaban J connectivity index is 1.86. The molecule has 1 aliphatic heterocycles. The van der Waals surface area contributed by atoms with Crippen LogP contribution in [0.1, 0.15) is 26.7 Å². The summed E-state index contributed by atoms with van der Waals surface area (Å²) in [6.07, 6.45) is 0.877. The van der Waals surface area contributed by atoms with Crippen molar-refractivity contribution in [3.8, 4) is 0 Å². The van der Waals surface area contributed by atoms with Gasteiger partial charge in [-0.25, -0.2) is 13.6 Å². The number of anilines is 1. The highest BCUT2D eigenvalue weighted by Gasteiger charge is 2.34. The van der Waals surface area contributed by atoms with Gasteiger partial charge < -0.3 is 15.4 Å². The van der Waals surface area contributed by atoms with E-state index in [0.717, 1.165) is 0 Å². The third kappa shape index (κ3) is 5.48. The quantitative estimate of drug-likeness (QED) is 0.500. The molecule has 10 heteroatoms. The fraction of sp³-hybridized carbons (Fsp3) is 0.438. The molecular weight excluding hydrogens is 378 g/mol. The fourth-order valence-electron chi connectivity index (χ4n) is 2.69. The van der Waals surface area contributed by atoms with Gasteiger partial charge in [0, 0.05) is 11.6 Å². The Morgan fingerprint density at radius 1 is 1.38 bits per heavy atom. The number of cyclic esters (lactones) is 1. The van der Waals surface area contributed by atoms with Gasteiger partial charge >= 0.3 is 5.97 Å². The normalized spacial score (nSPS) is 21.0. The second-order valence-electron chi connectivity index (χ2n) is 6.33. The summed E-state index contributed by atoms with van der Waals surface area (Å²) in [5.41, 5.74) is 0.503.